The van der Waals surface area contributed by atoms with E-state index in [1.165, 1.54) is 17.4 Å². The van der Waals surface area contributed by atoms with Crippen molar-refractivity contribution >= 4 is 23.1 Å². The van der Waals surface area contributed by atoms with Gasteiger partial charge in [0.25, 0.3) is 5.89 Å². The zero-order valence-electron chi connectivity index (χ0n) is 16.6. The molecular weight excluding hydrogens is 432 g/mol. The number of benzene rings is 2. The van der Waals surface area contributed by atoms with E-state index in [9.17, 15) is 9.59 Å². The maximum Gasteiger partial charge on any atom is 0.339 e. The van der Waals surface area contributed by atoms with Gasteiger partial charge in [-0.1, -0.05) is 23.4 Å². The lowest BCUT2D eigenvalue weighted by atomic mass is 9.98. The third-order valence-electron chi connectivity index (χ3n) is 4.77. The molecule has 5 rings (SSSR count). The summed E-state index contributed by atoms with van der Waals surface area (Å²) in [7, 11) is 0. The van der Waals surface area contributed by atoms with Gasteiger partial charge < -0.3 is 18.7 Å². The van der Waals surface area contributed by atoms with E-state index < -0.39 is 5.97 Å². The molecule has 32 heavy (non-hydrogen) atoms. The Labute approximate surface area is 186 Å². The van der Waals surface area contributed by atoms with Crippen LogP contribution in [0.1, 0.15) is 32.2 Å². The second-order valence-electron chi connectivity index (χ2n) is 6.83. The van der Waals surface area contributed by atoms with Crippen LogP contribution in [0.4, 0.5) is 0 Å². The van der Waals surface area contributed by atoms with Crippen LogP contribution in [0.5, 0.6) is 11.5 Å². The fourth-order valence-electron chi connectivity index (χ4n) is 3.23. The molecule has 0 spiro atoms. The normalized spacial score (nSPS) is 12.4. The van der Waals surface area contributed by atoms with Gasteiger partial charge in [0.15, 0.2) is 23.9 Å². The molecule has 0 unspecified atom stereocenters. The maximum atomic E-state index is 13.1. The molecule has 0 saturated heterocycles. The van der Waals surface area contributed by atoms with Crippen LogP contribution >= 0.6 is 11.3 Å². The summed E-state index contributed by atoms with van der Waals surface area (Å²) < 4.78 is 21.5. The zero-order chi connectivity index (χ0) is 21.9. The van der Waals surface area contributed by atoms with E-state index in [1.807, 2.05) is 16.8 Å². The first-order valence-corrected chi connectivity index (χ1v) is 10.7. The van der Waals surface area contributed by atoms with Crippen molar-refractivity contribution in [2.45, 2.75) is 6.61 Å². The first-order chi connectivity index (χ1) is 15.7. The van der Waals surface area contributed by atoms with Crippen LogP contribution in [-0.2, 0) is 11.3 Å². The highest BCUT2D eigenvalue weighted by Gasteiger charge is 2.22. The van der Waals surface area contributed by atoms with E-state index in [-0.39, 0.29) is 29.4 Å². The quantitative estimate of drug-likeness (QED) is 0.320. The Bertz CT molecular complexity index is 1280. The molecule has 8 nitrogen and oxygen atoms in total. The number of hydrogen-bond donors (Lipinski definition) is 0. The number of aromatic nitrogens is 2. The van der Waals surface area contributed by atoms with Gasteiger partial charge in [0.2, 0.25) is 5.82 Å². The second-order valence-corrected chi connectivity index (χ2v) is 7.61. The van der Waals surface area contributed by atoms with Gasteiger partial charge in [-0.3, -0.25) is 4.79 Å². The molecule has 1 aliphatic rings. The van der Waals surface area contributed by atoms with Crippen LogP contribution in [-0.4, -0.2) is 35.1 Å². The standard InChI is InChI=1S/C23H16N2O6S/c26-21(14-5-6-18-19(11-14)29-9-8-28-18)16-3-1-2-4-17(16)23(27)30-12-20-24-22(25-31-20)15-7-10-32-13-15/h1-7,10-11,13H,8-9,12H2. The van der Waals surface area contributed by atoms with Crippen molar-refractivity contribution in [1.29, 1.82) is 0 Å². The summed E-state index contributed by atoms with van der Waals surface area (Å²) in [5.41, 5.74) is 1.57. The summed E-state index contributed by atoms with van der Waals surface area (Å²) in [6.07, 6.45) is 0. The molecule has 1 aliphatic heterocycles. The Morgan fingerprint density at radius 2 is 1.81 bits per heavy atom. The predicted octanol–water partition coefficient (Wildman–Crippen LogP) is 4.16. The van der Waals surface area contributed by atoms with Crippen LogP contribution in [0.15, 0.2) is 63.8 Å². The van der Waals surface area contributed by atoms with Gasteiger partial charge in [0.1, 0.15) is 13.2 Å². The minimum atomic E-state index is -0.665. The van der Waals surface area contributed by atoms with Crippen molar-refractivity contribution in [2.24, 2.45) is 0 Å². The molecule has 0 N–H and O–H groups in total. The predicted molar refractivity (Wildman–Crippen MR) is 114 cm³/mol. The number of esters is 1. The van der Waals surface area contributed by atoms with Gasteiger partial charge in [-0.05, 0) is 35.7 Å². The molecule has 0 aliphatic carbocycles. The Morgan fingerprint density at radius 1 is 1.00 bits per heavy atom. The minimum absolute atomic E-state index is 0.143. The molecule has 2 aromatic heterocycles. The van der Waals surface area contributed by atoms with E-state index in [0.29, 0.717) is 36.1 Å². The number of fused-ring (bicyclic) bond motifs is 1. The molecule has 4 aromatic rings. The molecule has 0 amide bonds. The largest absolute Gasteiger partial charge is 0.486 e. The number of ether oxygens (including phenoxy) is 3. The number of carbonyl (C=O) groups is 2. The lowest BCUT2D eigenvalue weighted by Crippen LogP contribution is -2.16. The molecular formula is C23H16N2O6S. The number of ketones is 1. The SMILES string of the molecule is O=C(OCc1nc(-c2ccsc2)no1)c1ccccc1C(=O)c1ccc2c(c1)OCCO2. The number of hydrogen-bond acceptors (Lipinski definition) is 9. The average Bonchev–Trinajstić information content (AvgIpc) is 3.54. The second kappa shape index (κ2) is 8.64. The highest BCUT2D eigenvalue weighted by atomic mass is 32.1. The van der Waals surface area contributed by atoms with Crippen molar-refractivity contribution in [2.75, 3.05) is 13.2 Å². The summed E-state index contributed by atoms with van der Waals surface area (Å²) in [6, 6.07) is 13.3. The third kappa shape index (κ3) is 3.97. The van der Waals surface area contributed by atoms with Gasteiger partial charge >= 0.3 is 5.97 Å². The lowest BCUT2D eigenvalue weighted by Gasteiger charge is -2.18. The monoisotopic (exact) mass is 448 g/mol. The third-order valence-corrected chi connectivity index (χ3v) is 5.45. The molecule has 0 atom stereocenters. The fraction of sp³-hybridized carbons (Fsp3) is 0.130. The van der Waals surface area contributed by atoms with E-state index in [4.69, 9.17) is 18.7 Å². The van der Waals surface area contributed by atoms with E-state index in [0.717, 1.165) is 5.56 Å². The molecule has 3 heterocycles. The van der Waals surface area contributed by atoms with Crippen molar-refractivity contribution in [3.05, 3.63) is 81.9 Å². The minimum Gasteiger partial charge on any atom is -0.486 e. The van der Waals surface area contributed by atoms with Crippen LogP contribution < -0.4 is 9.47 Å². The summed E-state index contributed by atoms with van der Waals surface area (Å²) in [4.78, 5) is 30.1. The lowest BCUT2D eigenvalue weighted by molar-refractivity contribution is 0.0427. The van der Waals surface area contributed by atoms with Crippen LogP contribution in [0.2, 0.25) is 0 Å². The summed E-state index contributed by atoms with van der Waals surface area (Å²) in [5, 5.41) is 7.68. The first-order valence-electron chi connectivity index (χ1n) is 9.75. The van der Waals surface area contributed by atoms with Gasteiger partial charge in [-0.15, -0.1) is 0 Å². The molecule has 0 bridgehead atoms. The molecule has 2 aromatic carbocycles. The van der Waals surface area contributed by atoms with E-state index in [1.54, 1.807) is 36.4 Å². The Balaban J connectivity index is 1.33. The topological polar surface area (TPSA) is 101 Å². The molecule has 9 heteroatoms. The number of carbonyl (C=O) groups excluding carboxylic acids is 2. The maximum absolute atomic E-state index is 13.1. The van der Waals surface area contributed by atoms with Gasteiger partial charge in [-0.25, -0.2) is 4.79 Å². The van der Waals surface area contributed by atoms with Crippen molar-refractivity contribution in [3.8, 4) is 22.9 Å². The summed E-state index contributed by atoms with van der Waals surface area (Å²) >= 11 is 1.52. The summed E-state index contributed by atoms with van der Waals surface area (Å²) in [5.74, 6) is 0.678. The highest BCUT2D eigenvalue weighted by Crippen LogP contribution is 2.31. The average molecular weight is 448 g/mol. The van der Waals surface area contributed by atoms with Gasteiger partial charge in [0.05, 0.1) is 5.56 Å². The van der Waals surface area contributed by atoms with Gasteiger partial charge in [-0.2, -0.15) is 16.3 Å². The number of nitrogens with zero attached hydrogens (tertiary/aromatic N) is 2. The molecule has 0 radical (unpaired) electrons. The smallest absolute Gasteiger partial charge is 0.339 e. The van der Waals surface area contributed by atoms with Crippen LogP contribution in [0, 0.1) is 0 Å². The van der Waals surface area contributed by atoms with Crippen molar-refractivity contribution < 1.29 is 28.3 Å². The molecule has 0 saturated carbocycles. The van der Waals surface area contributed by atoms with Crippen molar-refractivity contribution in [3.63, 3.8) is 0 Å². The zero-order valence-corrected chi connectivity index (χ0v) is 17.5. The van der Waals surface area contributed by atoms with Crippen LogP contribution in [0.25, 0.3) is 11.4 Å². The highest BCUT2D eigenvalue weighted by molar-refractivity contribution is 7.08. The summed E-state index contributed by atoms with van der Waals surface area (Å²) in [6.45, 7) is 0.670. The van der Waals surface area contributed by atoms with E-state index in [2.05, 4.69) is 10.1 Å². The number of thiophene rings is 1. The number of rotatable bonds is 6. The van der Waals surface area contributed by atoms with E-state index >= 15 is 0 Å². The Hall–Kier alpha value is -3.98. The van der Waals surface area contributed by atoms with Crippen LogP contribution in [0.3, 0.4) is 0 Å². The van der Waals surface area contributed by atoms with Crippen molar-refractivity contribution in [1.82, 2.24) is 10.1 Å². The fourth-order valence-corrected chi connectivity index (χ4v) is 3.86. The molecule has 0 fully saturated rings. The Morgan fingerprint density at radius 3 is 2.62 bits per heavy atom. The molecule has 160 valence electrons. The first kappa shape index (κ1) is 20.0. The Kier molecular flexibility index (Phi) is 5.39. The van der Waals surface area contributed by atoms with Gasteiger partial charge in [0, 0.05) is 22.1 Å².